The van der Waals surface area contributed by atoms with Crippen LogP contribution in [0.2, 0.25) is 0 Å². The third-order valence-corrected chi connectivity index (χ3v) is 3.65. The molecule has 1 aromatic rings. The van der Waals surface area contributed by atoms with Gasteiger partial charge in [-0.15, -0.1) is 0 Å². The van der Waals surface area contributed by atoms with E-state index in [0.29, 0.717) is 6.54 Å². The number of benzene rings is 1. The molecule has 2 unspecified atom stereocenters. The molecule has 0 bridgehead atoms. The monoisotopic (exact) mass is 233 g/mol. The fourth-order valence-corrected chi connectivity index (χ4v) is 2.73. The Labute approximate surface area is 102 Å². The van der Waals surface area contributed by atoms with E-state index in [4.69, 9.17) is 0 Å². The number of aliphatic carboxylic acids is 1. The van der Waals surface area contributed by atoms with Gasteiger partial charge in [-0.05, 0) is 32.0 Å². The van der Waals surface area contributed by atoms with E-state index in [1.807, 2.05) is 7.05 Å². The van der Waals surface area contributed by atoms with Crippen molar-refractivity contribution >= 4 is 5.97 Å². The first-order valence-electron chi connectivity index (χ1n) is 5.97. The maximum Gasteiger partial charge on any atom is 0.308 e. The van der Waals surface area contributed by atoms with E-state index in [-0.39, 0.29) is 11.8 Å². The first kappa shape index (κ1) is 12.1. The molecule has 0 spiro atoms. The second-order valence-corrected chi connectivity index (χ2v) is 5.13. The molecular formula is C14H19NO2. The third kappa shape index (κ3) is 2.34. The van der Waals surface area contributed by atoms with Crippen LogP contribution in [0.4, 0.5) is 0 Å². The van der Waals surface area contributed by atoms with Crippen LogP contribution in [0.1, 0.15) is 22.6 Å². The van der Waals surface area contributed by atoms with E-state index in [1.54, 1.807) is 0 Å². The zero-order valence-corrected chi connectivity index (χ0v) is 10.6. The van der Waals surface area contributed by atoms with Crippen LogP contribution in [-0.2, 0) is 4.79 Å². The highest BCUT2D eigenvalue weighted by atomic mass is 16.4. The van der Waals surface area contributed by atoms with Crippen LogP contribution in [0.25, 0.3) is 0 Å². The number of likely N-dealkylation sites (tertiary alicyclic amines) is 1. The number of nitrogens with zero attached hydrogens (tertiary/aromatic N) is 1. The lowest BCUT2D eigenvalue weighted by Gasteiger charge is -2.18. The maximum atomic E-state index is 11.3. The van der Waals surface area contributed by atoms with Gasteiger partial charge in [-0.2, -0.15) is 0 Å². The van der Waals surface area contributed by atoms with Gasteiger partial charge in [-0.3, -0.25) is 4.79 Å². The van der Waals surface area contributed by atoms with Gasteiger partial charge in [0.15, 0.2) is 0 Å². The average molecular weight is 233 g/mol. The molecular weight excluding hydrogens is 214 g/mol. The van der Waals surface area contributed by atoms with Gasteiger partial charge in [-0.1, -0.05) is 23.8 Å². The second-order valence-electron chi connectivity index (χ2n) is 5.13. The molecule has 1 fully saturated rings. The first-order chi connectivity index (χ1) is 7.99. The molecule has 1 heterocycles. The minimum absolute atomic E-state index is 0.123. The zero-order valence-electron chi connectivity index (χ0n) is 10.6. The minimum Gasteiger partial charge on any atom is -0.481 e. The van der Waals surface area contributed by atoms with Crippen molar-refractivity contribution in [3.05, 3.63) is 34.9 Å². The van der Waals surface area contributed by atoms with Gasteiger partial charge in [0.1, 0.15) is 0 Å². The molecule has 92 valence electrons. The van der Waals surface area contributed by atoms with Gasteiger partial charge >= 0.3 is 5.97 Å². The summed E-state index contributed by atoms with van der Waals surface area (Å²) in [5.74, 6) is -0.835. The first-order valence-corrected chi connectivity index (χ1v) is 5.97. The van der Waals surface area contributed by atoms with Gasteiger partial charge in [0.2, 0.25) is 0 Å². The summed E-state index contributed by atoms with van der Waals surface area (Å²) in [4.78, 5) is 13.4. The Kier molecular flexibility index (Phi) is 3.20. The quantitative estimate of drug-likeness (QED) is 0.849. The van der Waals surface area contributed by atoms with E-state index < -0.39 is 5.97 Å². The Morgan fingerprint density at radius 3 is 2.71 bits per heavy atom. The summed E-state index contributed by atoms with van der Waals surface area (Å²) in [7, 11) is 1.99. The van der Waals surface area contributed by atoms with Crippen molar-refractivity contribution in [3.8, 4) is 0 Å². The fourth-order valence-electron chi connectivity index (χ4n) is 2.73. The number of aryl methyl sites for hydroxylation is 2. The Hall–Kier alpha value is -1.35. The van der Waals surface area contributed by atoms with E-state index in [0.717, 1.165) is 6.54 Å². The number of hydrogen-bond donors (Lipinski definition) is 1. The Morgan fingerprint density at radius 1 is 1.35 bits per heavy atom. The van der Waals surface area contributed by atoms with Crippen molar-refractivity contribution in [1.82, 2.24) is 4.90 Å². The van der Waals surface area contributed by atoms with Gasteiger partial charge in [-0.25, -0.2) is 0 Å². The minimum atomic E-state index is -0.680. The van der Waals surface area contributed by atoms with Crippen LogP contribution in [0.5, 0.6) is 0 Å². The predicted molar refractivity (Wildman–Crippen MR) is 67.3 cm³/mol. The summed E-state index contributed by atoms with van der Waals surface area (Å²) in [6, 6.07) is 6.30. The summed E-state index contributed by atoms with van der Waals surface area (Å²) >= 11 is 0. The molecule has 1 aliphatic heterocycles. The largest absolute Gasteiger partial charge is 0.481 e. The number of likely N-dealkylation sites (N-methyl/N-ethyl adjacent to an activating group) is 1. The van der Waals surface area contributed by atoms with Gasteiger partial charge < -0.3 is 10.0 Å². The van der Waals surface area contributed by atoms with E-state index in [1.165, 1.54) is 16.7 Å². The number of carboxylic acids is 1. The standard InChI is InChI=1S/C14H19NO2/c1-9-4-5-10(2)11(6-9)12-7-15(3)8-13(12)14(16)17/h4-6,12-13H,7-8H2,1-3H3,(H,16,17). The predicted octanol–water partition coefficient (Wildman–Crippen LogP) is 2.03. The fraction of sp³-hybridized carbons (Fsp3) is 0.500. The molecule has 0 aliphatic carbocycles. The highest BCUT2D eigenvalue weighted by Crippen LogP contribution is 2.34. The Morgan fingerprint density at radius 2 is 2.06 bits per heavy atom. The summed E-state index contributed by atoms with van der Waals surface area (Å²) in [6.07, 6.45) is 0. The number of carboxylic acid groups (broad SMARTS) is 1. The summed E-state index contributed by atoms with van der Waals surface area (Å²) in [5.41, 5.74) is 3.59. The molecule has 3 nitrogen and oxygen atoms in total. The van der Waals surface area contributed by atoms with Crippen LogP contribution in [0.3, 0.4) is 0 Å². The van der Waals surface area contributed by atoms with Gasteiger partial charge in [0.05, 0.1) is 5.92 Å². The third-order valence-electron chi connectivity index (χ3n) is 3.65. The number of carbonyl (C=O) groups is 1. The van der Waals surface area contributed by atoms with Crippen molar-refractivity contribution in [3.63, 3.8) is 0 Å². The SMILES string of the molecule is Cc1ccc(C)c(C2CN(C)CC2C(=O)O)c1. The lowest BCUT2D eigenvalue weighted by atomic mass is 9.86. The number of hydrogen-bond acceptors (Lipinski definition) is 2. The lowest BCUT2D eigenvalue weighted by molar-refractivity contribution is -0.141. The van der Waals surface area contributed by atoms with Crippen molar-refractivity contribution < 1.29 is 9.90 Å². The normalized spacial score (nSPS) is 25.1. The summed E-state index contributed by atoms with van der Waals surface area (Å²) in [5, 5.41) is 9.30. The Balaban J connectivity index is 2.37. The molecule has 1 N–H and O–H groups in total. The maximum absolute atomic E-state index is 11.3. The van der Waals surface area contributed by atoms with Crippen LogP contribution >= 0.6 is 0 Å². The molecule has 0 saturated carbocycles. The van der Waals surface area contributed by atoms with Gasteiger partial charge in [0.25, 0.3) is 0 Å². The van der Waals surface area contributed by atoms with Crippen molar-refractivity contribution in [1.29, 1.82) is 0 Å². The van der Waals surface area contributed by atoms with Crippen LogP contribution in [-0.4, -0.2) is 36.1 Å². The smallest absolute Gasteiger partial charge is 0.308 e. The molecule has 2 atom stereocenters. The van der Waals surface area contributed by atoms with Crippen molar-refractivity contribution in [2.45, 2.75) is 19.8 Å². The van der Waals surface area contributed by atoms with E-state index in [9.17, 15) is 9.90 Å². The lowest BCUT2D eigenvalue weighted by Crippen LogP contribution is -2.21. The Bertz CT molecular complexity index is 442. The number of rotatable bonds is 2. The zero-order chi connectivity index (χ0) is 12.6. The average Bonchev–Trinajstić information content (AvgIpc) is 2.64. The molecule has 1 saturated heterocycles. The molecule has 0 aromatic heterocycles. The van der Waals surface area contributed by atoms with Crippen LogP contribution in [0.15, 0.2) is 18.2 Å². The topological polar surface area (TPSA) is 40.5 Å². The molecule has 0 radical (unpaired) electrons. The summed E-state index contributed by atoms with van der Waals surface area (Å²) < 4.78 is 0. The van der Waals surface area contributed by atoms with E-state index >= 15 is 0 Å². The molecule has 2 rings (SSSR count). The van der Waals surface area contributed by atoms with Crippen LogP contribution < -0.4 is 0 Å². The highest BCUT2D eigenvalue weighted by Gasteiger charge is 2.37. The van der Waals surface area contributed by atoms with Gasteiger partial charge in [0, 0.05) is 19.0 Å². The van der Waals surface area contributed by atoms with Crippen molar-refractivity contribution in [2.24, 2.45) is 5.92 Å². The van der Waals surface area contributed by atoms with E-state index in [2.05, 4.69) is 36.9 Å². The second kappa shape index (κ2) is 4.49. The molecule has 1 aromatic carbocycles. The van der Waals surface area contributed by atoms with Crippen LogP contribution in [0, 0.1) is 19.8 Å². The molecule has 17 heavy (non-hydrogen) atoms. The summed E-state index contributed by atoms with van der Waals surface area (Å²) in [6.45, 7) is 5.60. The molecule has 0 amide bonds. The molecule has 3 heteroatoms. The highest BCUT2D eigenvalue weighted by molar-refractivity contribution is 5.72. The molecule has 1 aliphatic rings. The van der Waals surface area contributed by atoms with Crippen molar-refractivity contribution in [2.75, 3.05) is 20.1 Å².